The van der Waals surface area contributed by atoms with E-state index >= 15 is 0 Å². The molecule has 2 N–H and O–H groups in total. The van der Waals surface area contributed by atoms with Crippen molar-refractivity contribution < 1.29 is 4.79 Å². The maximum absolute atomic E-state index is 12.2. The van der Waals surface area contributed by atoms with Crippen LogP contribution in [0, 0.1) is 13.8 Å². The van der Waals surface area contributed by atoms with Crippen molar-refractivity contribution in [1.82, 2.24) is 24.8 Å². The van der Waals surface area contributed by atoms with E-state index < -0.39 is 0 Å². The lowest BCUT2D eigenvalue weighted by Gasteiger charge is -2.05. The molecule has 3 rings (SSSR count). The van der Waals surface area contributed by atoms with Crippen LogP contribution in [-0.4, -0.2) is 32.1 Å². The third-order valence-corrected chi connectivity index (χ3v) is 5.43. The molecule has 3 aromatic rings. The number of nitrogens with one attached hydrogen (secondary N) is 2. The van der Waals surface area contributed by atoms with Crippen molar-refractivity contribution >= 4 is 34.1 Å². The van der Waals surface area contributed by atoms with Crippen molar-refractivity contribution in [1.29, 1.82) is 0 Å². The first-order valence-corrected chi connectivity index (χ1v) is 10.2. The van der Waals surface area contributed by atoms with Gasteiger partial charge in [-0.1, -0.05) is 22.9 Å². The van der Waals surface area contributed by atoms with Crippen molar-refractivity contribution in [2.75, 3.05) is 11.9 Å². The molecule has 148 valence electrons. The van der Waals surface area contributed by atoms with Gasteiger partial charge < -0.3 is 9.88 Å². The summed E-state index contributed by atoms with van der Waals surface area (Å²) in [5, 5.41) is 6.62. The lowest BCUT2D eigenvalue weighted by molar-refractivity contribution is 0.252. The molecule has 0 aromatic carbocycles. The highest BCUT2D eigenvalue weighted by Crippen LogP contribution is 2.33. The van der Waals surface area contributed by atoms with Gasteiger partial charge in [-0.05, 0) is 45.4 Å². The maximum atomic E-state index is 12.2. The summed E-state index contributed by atoms with van der Waals surface area (Å²) in [4.78, 5) is 26.1. The van der Waals surface area contributed by atoms with E-state index in [-0.39, 0.29) is 6.03 Å². The van der Waals surface area contributed by atoms with Crippen LogP contribution in [-0.2, 0) is 6.42 Å². The van der Waals surface area contributed by atoms with Crippen LogP contribution < -0.4 is 10.6 Å². The highest BCUT2D eigenvalue weighted by molar-refractivity contribution is 7.19. The summed E-state index contributed by atoms with van der Waals surface area (Å²) >= 11 is 7.47. The van der Waals surface area contributed by atoms with E-state index in [1.807, 2.05) is 37.0 Å². The molecule has 2 amide bonds. The fraction of sp³-hybridized carbons (Fsp3) is 0.368. The fourth-order valence-electron chi connectivity index (χ4n) is 2.71. The number of hydrogen-bond acceptors (Lipinski definition) is 5. The zero-order valence-electron chi connectivity index (χ0n) is 16.3. The summed E-state index contributed by atoms with van der Waals surface area (Å²) in [6.07, 6.45) is 4.49. The molecular weight excluding hydrogens is 396 g/mol. The predicted octanol–water partition coefficient (Wildman–Crippen LogP) is 4.62. The van der Waals surface area contributed by atoms with E-state index in [9.17, 15) is 4.79 Å². The largest absolute Gasteiger partial charge is 0.337 e. The Hall–Kier alpha value is -2.45. The van der Waals surface area contributed by atoms with Crippen LogP contribution in [0.3, 0.4) is 0 Å². The summed E-state index contributed by atoms with van der Waals surface area (Å²) in [7, 11) is 0. The predicted molar refractivity (Wildman–Crippen MR) is 113 cm³/mol. The quantitative estimate of drug-likeness (QED) is 0.572. The van der Waals surface area contributed by atoms with E-state index in [4.69, 9.17) is 11.6 Å². The number of rotatable bonds is 6. The molecule has 0 fully saturated rings. The standard InChI is InChI=1S/C19H23ClN6OS/c1-11(2)26-9-15(22-10-26)5-6-21-18(27)25-19-24-13(4)17(28-19)14-7-12(3)23-16(20)8-14/h7-11H,5-6H2,1-4H3,(H2,21,24,25,27). The summed E-state index contributed by atoms with van der Waals surface area (Å²) < 4.78 is 2.04. The second-order valence-electron chi connectivity index (χ2n) is 6.79. The number of anilines is 1. The van der Waals surface area contributed by atoms with E-state index in [1.165, 1.54) is 11.3 Å². The fourth-order valence-corrected chi connectivity index (χ4v) is 3.91. The Bertz CT molecular complexity index is 960. The number of carbonyl (C=O) groups is 1. The molecule has 0 spiro atoms. The first-order valence-electron chi connectivity index (χ1n) is 9.01. The van der Waals surface area contributed by atoms with Gasteiger partial charge in [-0.15, -0.1) is 0 Å². The molecule has 0 aliphatic heterocycles. The minimum atomic E-state index is -0.285. The number of urea groups is 1. The lowest BCUT2D eigenvalue weighted by atomic mass is 10.2. The van der Waals surface area contributed by atoms with Crippen molar-refractivity contribution in [2.24, 2.45) is 0 Å². The van der Waals surface area contributed by atoms with Crippen LogP contribution in [0.25, 0.3) is 10.4 Å². The van der Waals surface area contributed by atoms with Crippen molar-refractivity contribution in [3.05, 3.63) is 46.9 Å². The molecule has 3 heterocycles. The number of amides is 2. The molecule has 0 aliphatic carbocycles. The van der Waals surface area contributed by atoms with Gasteiger partial charge in [0, 0.05) is 30.9 Å². The third kappa shape index (κ3) is 5.08. The number of aryl methyl sites for hydroxylation is 2. The second kappa shape index (κ2) is 8.70. The van der Waals surface area contributed by atoms with Gasteiger partial charge in [-0.25, -0.2) is 19.7 Å². The van der Waals surface area contributed by atoms with Gasteiger partial charge in [-0.3, -0.25) is 5.32 Å². The Morgan fingerprint density at radius 1 is 1.29 bits per heavy atom. The van der Waals surface area contributed by atoms with E-state index in [0.29, 0.717) is 29.3 Å². The average Bonchev–Trinajstić information content (AvgIpc) is 3.21. The summed E-state index contributed by atoms with van der Waals surface area (Å²) in [6, 6.07) is 3.84. The molecule has 0 saturated carbocycles. The minimum Gasteiger partial charge on any atom is -0.337 e. The maximum Gasteiger partial charge on any atom is 0.321 e. The van der Waals surface area contributed by atoms with Gasteiger partial charge in [0.1, 0.15) is 5.15 Å². The molecule has 0 aliphatic rings. The molecule has 0 unspecified atom stereocenters. The first kappa shape index (κ1) is 20.3. The molecule has 0 radical (unpaired) electrons. The number of halogens is 1. The molecule has 7 nitrogen and oxygen atoms in total. The number of imidazole rings is 1. The highest BCUT2D eigenvalue weighted by Gasteiger charge is 2.13. The van der Waals surface area contributed by atoms with Gasteiger partial charge in [0.25, 0.3) is 0 Å². The molecule has 9 heteroatoms. The number of pyridine rings is 1. The third-order valence-electron chi connectivity index (χ3n) is 4.12. The molecule has 0 atom stereocenters. The Labute approximate surface area is 173 Å². The van der Waals surface area contributed by atoms with Gasteiger partial charge in [0.2, 0.25) is 0 Å². The smallest absolute Gasteiger partial charge is 0.321 e. The topological polar surface area (TPSA) is 84.7 Å². The van der Waals surface area contributed by atoms with Crippen molar-refractivity contribution in [2.45, 2.75) is 40.2 Å². The minimum absolute atomic E-state index is 0.285. The van der Waals surface area contributed by atoms with Crippen molar-refractivity contribution in [3.8, 4) is 10.4 Å². The Morgan fingerprint density at radius 3 is 2.75 bits per heavy atom. The van der Waals surface area contributed by atoms with Crippen LogP contribution in [0.2, 0.25) is 5.15 Å². The number of carbonyl (C=O) groups excluding carboxylic acids is 1. The summed E-state index contributed by atoms with van der Waals surface area (Å²) in [6.45, 7) is 8.49. The monoisotopic (exact) mass is 418 g/mol. The van der Waals surface area contributed by atoms with E-state index in [2.05, 4.69) is 39.4 Å². The molecule has 28 heavy (non-hydrogen) atoms. The summed E-state index contributed by atoms with van der Waals surface area (Å²) in [5.41, 5.74) is 3.57. The van der Waals surface area contributed by atoms with E-state index in [0.717, 1.165) is 27.5 Å². The second-order valence-corrected chi connectivity index (χ2v) is 8.18. The number of aromatic nitrogens is 4. The molecule has 0 bridgehead atoms. The van der Waals surface area contributed by atoms with Gasteiger partial charge in [0.15, 0.2) is 5.13 Å². The number of thiazole rings is 1. The summed E-state index contributed by atoms with van der Waals surface area (Å²) in [5.74, 6) is 0. The van der Waals surface area contributed by atoms with Crippen molar-refractivity contribution in [3.63, 3.8) is 0 Å². The molecule has 3 aromatic heterocycles. The van der Waals surface area contributed by atoms with Gasteiger partial charge in [0.05, 0.1) is 22.6 Å². The van der Waals surface area contributed by atoms with Crippen LogP contribution >= 0.6 is 22.9 Å². The number of hydrogen-bond donors (Lipinski definition) is 2. The normalized spacial score (nSPS) is 11.1. The van der Waals surface area contributed by atoms with Gasteiger partial charge in [-0.2, -0.15) is 0 Å². The molecular formula is C19H23ClN6OS. The SMILES string of the molecule is Cc1cc(-c2sc(NC(=O)NCCc3cn(C(C)C)cn3)nc2C)cc(Cl)n1. The van der Waals surface area contributed by atoms with Gasteiger partial charge >= 0.3 is 6.03 Å². The Morgan fingerprint density at radius 2 is 2.07 bits per heavy atom. The highest BCUT2D eigenvalue weighted by atomic mass is 35.5. The average molecular weight is 419 g/mol. The lowest BCUT2D eigenvalue weighted by Crippen LogP contribution is -2.30. The number of nitrogens with zero attached hydrogens (tertiary/aromatic N) is 4. The zero-order chi connectivity index (χ0) is 20.3. The zero-order valence-corrected chi connectivity index (χ0v) is 17.9. The first-order chi connectivity index (χ1) is 13.3. The van der Waals surface area contributed by atoms with Crippen LogP contribution in [0.1, 0.15) is 37.0 Å². The van der Waals surface area contributed by atoms with Crippen LogP contribution in [0.15, 0.2) is 24.7 Å². The van der Waals surface area contributed by atoms with E-state index in [1.54, 1.807) is 6.07 Å². The molecule has 0 saturated heterocycles. The van der Waals surface area contributed by atoms with Crippen LogP contribution in [0.5, 0.6) is 0 Å². The van der Waals surface area contributed by atoms with Crippen LogP contribution in [0.4, 0.5) is 9.93 Å². The Balaban J connectivity index is 1.57. The Kier molecular flexibility index (Phi) is 6.31.